The van der Waals surface area contributed by atoms with Gasteiger partial charge < -0.3 is 9.73 Å². The lowest BCUT2D eigenvalue weighted by atomic mass is 10.2. The zero-order chi connectivity index (χ0) is 17.5. The van der Waals surface area contributed by atoms with Crippen LogP contribution >= 0.6 is 0 Å². The Hall–Kier alpha value is -3.41. The summed E-state index contributed by atoms with van der Waals surface area (Å²) in [6.07, 6.45) is 7.80. The van der Waals surface area contributed by atoms with Crippen molar-refractivity contribution >= 4 is 17.4 Å². The highest BCUT2D eigenvalue weighted by Crippen LogP contribution is 2.48. The van der Waals surface area contributed by atoms with Crippen LogP contribution in [0.4, 0.5) is 5.82 Å². The van der Waals surface area contributed by atoms with Crippen LogP contribution < -0.4 is 5.32 Å². The summed E-state index contributed by atoms with van der Waals surface area (Å²) >= 11 is 0. The number of hydrogen-bond donors (Lipinski definition) is 1. The van der Waals surface area contributed by atoms with Crippen LogP contribution in [0.1, 0.15) is 18.1 Å². The molecule has 0 aromatic carbocycles. The van der Waals surface area contributed by atoms with Crippen molar-refractivity contribution in [2.24, 2.45) is 5.92 Å². The second-order valence-corrected chi connectivity index (χ2v) is 6.43. The lowest BCUT2D eigenvalue weighted by Gasteiger charge is -2.07. The van der Waals surface area contributed by atoms with Gasteiger partial charge in [-0.05, 0) is 42.8 Å². The van der Waals surface area contributed by atoms with Gasteiger partial charge in [0.15, 0.2) is 0 Å². The molecule has 4 aromatic heterocycles. The van der Waals surface area contributed by atoms with Crippen molar-refractivity contribution in [3.8, 4) is 11.3 Å². The Balaban J connectivity index is 1.49. The zero-order valence-electron chi connectivity index (χ0n) is 13.9. The molecule has 1 aliphatic carbocycles. The minimum Gasteiger partial charge on any atom is -0.469 e. The molecule has 128 valence electrons. The maximum absolute atomic E-state index is 12.8. The molecule has 0 aliphatic heterocycles. The van der Waals surface area contributed by atoms with Gasteiger partial charge in [0, 0.05) is 36.0 Å². The van der Waals surface area contributed by atoms with E-state index in [-0.39, 0.29) is 17.7 Å². The molecule has 6 heteroatoms. The second-order valence-electron chi connectivity index (χ2n) is 6.43. The molecule has 4 heterocycles. The number of carbonyl (C=O) groups excluding carboxylic acids is 1. The van der Waals surface area contributed by atoms with E-state index in [0.29, 0.717) is 5.82 Å². The number of carbonyl (C=O) groups is 1. The van der Waals surface area contributed by atoms with Crippen molar-refractivity contribution < 1.29 is 9.21 Å². The molecule has 1 aliphatic rings. The monoisotopic (exact) mass is 344 g/mol. The van der Waals surface area contributed by atoms with Gasteiger partial charge in [-0.1, -0.05) is 6.07 Å². The second kappa shape index (κ2) is 5.84. The molecule has 0 saturated heterocycles. The highest BCUT2D eigenvalue weighted by Gasteiger charge is 2.46. The van der Waals surface area contributed by atoms with E-state index in [2.05, 4.69) is 15.3 Å². The lowest BCUT2D eigenvalue weighted by molar-refractivity contribution is -0.117. The number of rotatable bonds is 4. The van der Waals surface area contributed by atoms with Crippen LogP contribution in [-0.4, -0.2) is 20.3 Å². The maximum Gasteiger partial charge on any atom is 0.229 e. The Bertz CT molecular complexity index is 1070. The predicted molar refractivity (Wildman–Crippen MR) is 96.6 cm³/mol. The van der Waals surface area contributed by atoms with Gasteiger partial charge in [-0.3, -0.25) is 14.2 Å². The van der Waals surface area contributed by atoms with Gasteiger partial charge in [-0.2, -0.15) is 0 Å². The number of fused-ring (bicyclic) bond motifs is 1. The average Bonchev–Trinajstić information content (AvgIpc) is 3.13. The van der Waals surface area contributed by atoms with Crippen molar-refractivity contribution in [2.75, 3.05) is 5.32 Å². The largest absolute Gasteiger partial charge is 0.469 e. The summed E-state index contributed by atoms with van der Waals surface area (Å²) in [6.45, 7) is 0. The number of hydrogen-bond acceptors (Lipinski definition) is 4. The minimum absolute atomic E-state index is 0.00707. The molecule has 2 unspecified atom stereocenters. The molecule has 1 saturated carbocycles. The number of imidazole rings is 1. The van der Waals surface area contributed by atoms with Gasteiger partial charge in [0.1, 0.15) is 22.9 Å². The van der Waals surface area contributed by atoms with Crippen molar-refractivity contribution in [1.29, 1.82) is 0 Å². The molecule has 4 aromatic rings. The number of anilines is 1. The van der Waals surface area contributed by atoms with Crippen molar-refractivity contribution in [2.45, 2.75) is 12.3 Å². The van der Waals surface area contributed by atoms with E-state index in [1.165, 1.54) is 0 Å². The molecule has 0 radical (unpaired) electrons. The fourth-order valence-electron chi connectivity index (χ4n) is 3.34. The van der Waals surface area contributed by atoms with Gasteiger partial charge in [0.05, 0.1) is 6.26 Å². The number of nitrogens with zero attached hydrogens (tertiary/aromatic N) is 3. The topological polar surface area (TPSA) is 72.4 Å². The van der Waals surface area contributed by atoms with Crippen molar-refractivity contribution in [3.05, 3.63) is 73.1 Å². The number of furan rings is 1. The zero-order valence-corrected chi connectivity index (χ0v) is 13.9. The van der Waals surface area contributed by atoms with Crippen LogP contribution in [0.3, 0.4) is 0 Å². The first-order chi connectivity index (χ1) is 12.8. The Morgan fingerprint density at radius 1 is 1.15 bits per heavy atom. The third-order valence-electron chi connectivity index (χ3n) is 4.76. The Morgan fingerprint density at radius 3 is 2.85 bits per heavy atom. The van der Waals surface area contributed by atoms with E-state index in [4.69, 9.17) is 4.42 Å². The first-order valence-electron chi connectivity index (χ1n) is 8.53. The van der Waals surface area contributed by atoms with E-state index in [0.717, 1.165) is 29.1 Å². The third kappa shape index (κ3) is 2.47. The summed E-state index contributed by atoms with van der Waals surface area (Å²) in [6, 6.07) is 13.3. The molecule has 0 bridgehead atoms. The third-order valence-corrected chi connectivity index (χ3v) is 4.76. The van der Waals surface area contributed by atoms with E-state index < -0.39 is 0 Å². The number of aromatic nitrogens is 3. The van der Waals surface area contributed by atoms with Crippen LogP contribution in [0.15, 0.2) is 71.7 Å². The summed E-state index contributed by atoms with van der Waals surface area (Å²) in [5.74, 6) is 1.64. The maximum atomic E-state index is 12.8. The van der Waals surface area contributed by atoms with Crippen molar-refractivity contribution in [3.63, 3.8) is 0 Å². The smallest absolute Gasteiger partial charge is 0.229 e. The van der Waals surface area contributed by atoms with E-state index >= 15 is 0 Å². The van der Waals surface area contributed by atoms with Gasteiger partial charge in [-0.25, -0.2) is 4.98 Å². The fraction of sp³-hybridized carbons (Fsp3) is 0.150. The molecule has 1 N–H and O–H groups in total. The van der Waals surface area contributed by atoms with E-state index in [1.807, 2.05) is 53.1 Å². The fourth-order valence-corrected chi connectivity index (χ4v) is 3.34. The summed E-state index contributed by atoms with van der Waals surface area (Å²) in [7, 11) is 0. The SMILES string of the molecule is O=C(Nc1c(-c2ccncc2)nc2ccccn12)C1CC1c1ccco1. The van der Waals surface area contributed by atoms with Crippen LogP contribution in [-0.2, 0) is 4.79 Å². The van der Waals surface area contributed by atoms with Gasteiger partial charge in [0.2, 0.25) is 5.91 Å². The number of nitrogens with one attached hydrogen (secondary N) is 1. The molecule has 26 heavy (non-hydrogen) atoms. The highest BCUT2D eigenvalue weighted by molar-refractivity contribution is 5.98. The number of amides is 1. The Morgan fingerprint density at radius 2 is 2.04 bits per heavy atom. The van der Waals surface area contributed by atoms with Crippen molar-refractivity contribution in [1.82, 2.24) is 14.4 Å². The molecule has 6 nitrogen and oxygen atoms in total. The summed E-state index contributed by atoms with van der Waals surface area (Å²) in [4.78, 5) is 21.5. The standard InChI is InChI=1S/C20H16N4O2/c25-20(15-12-14(15)16-4-3-11-26-16)23-19-18(13-6-8-21-9-7-13)22-17-5-1-2-10-24(17)19/h1-11,14-15H,12H2,(H,23,25). The van der Waals surface area contributed by atoms with E-state index in [9.17, 15) is 4.79 Å². The molecule has 2 atom stereocenters. The Kier molecular flexibility index (Phi) is 3.35. The lowest BCUT2D eigenvalue weighted by Crippen LogP contribution is -2.16. The molecular weight excluding hydrogens is 328 g/mol. The quantitative estimate of drug-likeness (QED) is 0.612. The molecule has 5 rings (SSSR count). The summed E-state index contributed by atoms with van der Waals surface area (Å²) in [5.41, 5.74) is 2.44. The Labute approximate surface area is 149 Å². The van der Waals surface area contributed by atoms with E-state index in [1.54, 1.807) is 18.7 Å². The van der Waals surface area contributed by atoms with Crippen LogP contribution in [0.2, 0.25) is 0 Å². The molecular formula is C20H16N4O2. The van der Waals surface area contributed by atoms with Crippen LogP contribution in [0, 0.1) is 5.92 Å². The molecule has 1 amide bonds. The van der Waals surface area contributed by atoms with Crippen LogP contribution in [0.5, 0.6) is 0 Å². The normalized spacial score (nSPS) is 18.8. The first-order valence-corrected chi connectivity index (χ1v) is 8.53. The van der Waals surface area contributed by atoms with Gasteiger partial charge >= 0.3 is 0 Å². The first kappa shape index (κ1) is 14.9. The summed E-state index contributed by atoms with van der Waals surface area (Å²) < 4.78 is 7.33. The van der Waals surface area contributed by atoms with Gasteiger partial charge in [0.25, 0.3) is 0 Å². The highest BCUT2D eigenvalue weighted by atomic mass is 16.3. The molecule has 0 spiro atoms. The van der Waals surface area contributed by atoms with Crippen LogP contribution in [0.25, 0.3) is 16.9 Å². The predicted octanol–water partition coefficient (Wildman–Crippen LogP) is 3.73. The average molecular weight is 344 g/mol. The minimum atomic E-state index is -0.0688. The molecule has 1 fully saturated rings. The summed E-state index contributed by atoms with van der Waals surface area (Å²) in [5, 5.41) is 3.09. The number of pyridine rings is 2. The van der Waals surface area contributed by atoms with Gasteiger partial charge in [-0.15, -0.1) is 0 Å².